The van der Waals surface area contributed by atoms with E-state index >= 15 is 0 Å². The van der Waals surface area contributed by atoms with Crippen LogP contribution >= 0.6 is 0 Å². The van der Waals surface area contributed by atoms with Crippen molar-refractivity contribution in [2.24, 2.45) is 0 Å². The van der Waals surface area contributed by atoms with Crippen molar-refractivity contribution in [1.29, 1.82) is 0 Å². The van der Waals surface area contributed by atoms with Gasteiger partial charge < -0.3 is 5.11 Å². The highest BCUT2D eigenvalue weighted by atomic mass is 16.3. The van der Waals surface area contributed by atoms with Gasteiger partial charge in [-0.2, -0.15) is 0 Å². The van der Waals surface area contributed by atoms with E-state index in [-0.39, 0.29) is 17.7 Å². The third-order valence-electron chi connectivity index (χ3n) is 4.43. The van der Waals surface area contributed by atoms with Crippen molar-refractivity contribution in [3.63, 3.8) is 0 Å². The molecule has 2 heterocycles. The van der Waals surface area contributed by atoms with Crippen LogP contribution in [0.25, 0.3) is 0 Å². The zero-order chi connectivity index (χ0) is 18.2. The first-order valence-corrected chi connectivity index (χ1v) is 8.29. The van der Waals surface area contributed by atoms with Crippen LogP contribution in [-0.4, -0.2) is 31.9 Å². The fraction of sp³-hybridized carbons (Fsp3) is 0.444. The van der Waals surface area contributed by atoms with Crippen molar-refractivity contribution < 1.29 is 14.7 Å². The number of carbonyl (C=O) groups is 2. The highest BCUT2D eigenvalue weighted by Crippen LogP contribution is 2.26. The molecular formula is C18H22N4O3. The van der Waals surface area contributed by atoms with E-state index < -0.39 is 18.1 Å². The summed E-state index contributed by atoms with van der Waals surface area (Å²) < 4.78 is 1.41. The highest BCUT2D eigenvalue weighted by molar-refractivity contribution is 5.99. The monoisotopic (exact) mass is 342 g/mol. The van der Waals surface area contributed by atoms with Gasteiger partial charge in [-0.3, -0.25) is 14.9 Å². The summed E-state index contributed by atoms with van der Waals surface area (Å²) in [6.07, 6.45) is 1.28. The van der Waals surface area contributed by atoms with Crippen LogP contribution in [0.3, 0.4) is 0 Å². The van der Waals surface area contributed by atoms with E-state index in [0.29, 0.717) is 17.7 Å². The average molecular weight is 342 g/mol. The standard InChI is InChI=1S/C18H22N4O3/c1-18(2,3)12-6-4-11(5-7-12)16(24)13-10-22(21-20-13)14-8-9-15(23)19-17(14)25/h4-7,10,14,16,24H,8-9H2,1-3H3,(H,19,23,25). The summed E-state index contributed by atoms with van der Waals surface area (Å²) in [6, 6.07) is 7.15. The molecule has 1 aromatic heterocycles. The SMILES string of the molecule is CC(C)(C)c1ccc(C(O)c2cn(C3CCC(=O)NC3=O)nn2)cc1. The van der Waals surface area contributed by atoms with Crippen molar-refractivity contribution in [3.8, 4) is 0 Å². The molecule has 3 rings (SSSR count). The molecule has 1 aromatic carbocycles. The predicted molar refractivity (Wildman–Crippen MR) is 90.6 cm³/mol. The van der Waals surface area contributed by atoms with Crippen LogP contribution in [0.5, 0.6) is 0 Å². The van der Waals surface area contributed by atoms with Gasteiger partial charge in [-0.1, -0.05) is 50.3 Å². The second-order valence-electron chi connectivity index (χ2n) is 7.36. The molecule has 1 saturated heterocycles. The van der Waals surface area contributed by atoms with Crippen LogP contribution in [0.1, 0.15) is 62.6 Å². The van der Waals surface area contributed by atoms with E-state index in [0.717, 1.165) is 0 Å². The minimum absolute atomic E-state index is 0.0401. The molecule has 7 nitrogen and oxygen atoms in total. The van der Waals surface area contributed by atoms with Crippen molar-refractivity contribution in [2.45, 2.75) is 51.2 Å². The number of rotatable bonds is 3. The Bertz CT molecular complexity index is 789. The van der Waals surface area contributed by atoms with Gasteiger partial charge in [0.15, 0.2) is 0 Å². The molecule has 0 bridgehead atoms. The molecule has 2 amide bonds. The lowest BCUT2D eigenvalue weighted by molar-refractivity contribution is -0.136. The summed E-state index contributed by atoms with van der Waals surface area (Å²) in [5.74, 6) is -0.669. The number of nitrogens with one attached hydrogen (secondary N) is 1. The van der Waals surface area contributed by atoms with Gasteiger partial charge in [-0.25, -0.2) is 4.68 Å². The zero-order valence-corrected chi connectivity index (χ0v) is 14.6. The Balaban J connectivity index is 1.77. The largest absolute Gasteiger partial charge is 0.382 e. The Morgan fingerprint density at radius 3 is 2.52 bits per heavy atom. The Hall–Kier alpha value is -2.54. The number of aliphatic hydroxyl groups is 1. The van der Waals surface area contributed by atoms with Gasteiger partial charge >= 0.3 is 0 Å². The lowest BCUT2D eigenvalue weighted by Gasteiger charge is -2.20. The number of carbonyl (C=O) groups excluding carboxylic acids is 2. The summed E-state index contributed by atoms with van der Waals surface area (Å²) in [5, 5.41) is 20.8. The first kappa shape index (κ1) is 17.3. The molecule has 1 aliphatic heterocycles. The number of hydrogen-bond acceptors (Lipinski definition) is 5. The quantitative estimate of drug-likeness (QED) is 0.827. The average Bonchev–Trinajstić information content (AvgIpc) is 3.03. The topological polar surface area (TPSA) is 97.1 Å². The molecule has 1 aliphatic rings. The van der Waals surface area contributed by atoms with Crippen molar-refractivity contribution >= 4 is 11.8 Å². The van der Waals surface area contributed by atoms with Gasteiger partial charge in [-0.15, -0.1) is 5.10 Å². The van der Waals surface area contributed by atoms with Gasteiger partial charge in [0.1, 0.15) is 17.8 Å². The maximum absolute atomic E-state index is 11.9. The van der Waals surface area contributed by atoms with Crippen LogP contribution < -0.4 is 5.32 Å². The number of aliphatic hydroxyl groups excluding tert-OH is 1. The summed E-state index contributed by atoms with van der Waals surface area (Å²) >= 11 is 0. The second-order valence-corrected chi connectivity index (χ2v) is 7.36. The minimum Gasteiger partial charge on any atom is -0.382 e. The van der Waals surface area contributed by atoms with Gasteiger partial charge in [0.05, 0.1) is 6.20 Å². The number of aromatic nitrogens is 3. The number of benzene rings is 1. The third kappa shape index (κ3) is 3.61. The molecule has 2 unspecified atom stereocenters. The molecule has 1 fully saturated rings. The minimum atomic E-state index is -0.920. The number of imide groups is 1. The number of piperidine rings is 1. The fourth-order valence-electron chi connectivity index (χ4n) is 2.84. The van der Waals surface area contributed by atoms with Gasteiger partial charge in [-0.05, 0) is 23.0 Å². The fourth-order valence-corrected chi connectivity index (χ4v) is 2.84. The Kier molecular flexibility index (Phi) is 4.43. The molecule has 2 N–H and O–H groups in total. The van der Waals surface area contributed by atoms with Crippen LogP contribution in [0.2, 0.25) is 0 Å². The van der Waals surface area contributed by atoms with Gasteiger partial charge in [0, 0.05) is 6.42 Å². The van der Waals surface area contributed by atoms with Crippen LogP contribution in [0, 0.1) is 0 Å². The Labute approximate surface area is 146 Å². The van der Waals surface area contributed by atoms with E-state index in [2.05, 4.69) is 36.4 Å². The highest BCUT2D eigenvalue weighted by Gasteiger charge is 2.29. The van der Waals surface area contributed by atoms with Crippen LogP contribution in [0.15, 0.2) is 30.5 Å². The molecule has 2 aromatic rings. The van der Waals surface area contributed by atoms with E-state index in [1.54, 1.807) is 6.20 Å². The Morgan fingerprint density at radius 1 is 1.24 bits per heavy atom. The second kappa shape index (κ2) is 6.40. The lowest BCUT2D eigenvalue weighted by Crippen LogP contribution is -2.41. The molecule has 132 valence electrons. The number of nitrogens with zero attached hydrogens (tertiary/aromatic N) is 3. The van der Waals surface area contributed by atoms with Gasteiger partial charge in [0.2, 0.25) is 5.91 Å². The summed E-state index contributed by atoms with van der Waals surface area (Å²) in [4.78, 5) is 23.1. The summed E-state index contributed by atoms with van der Waals surface area (Å²) in [6.45, 7) is 6.39. The molecule has 0 spiro atoms. The predicted octanol–water partition coefficient (Wildman–Crippen LogP) is 1.63. The van der Waals surface area contributed by atoms with Crippen molar-refractivity contribution in [1.82, 2.24) is 20.3 Å². The molecule has 0 saturated carbocycles. The summed E-state index contributed by atoms with van der Waals surface area (Å²) in [7, 11) is 0. The third-order valence-corrected chi connectivity index (χ3v) is 4.43. The lowest BCUT2D eigenvalue weighted by atomic mass is 9.86. The maximum atomic E-state index is 11.9. The molecular weight excluding hydrogens is 320 g/mol. The van der Waals surface area contributed by atoms with Gasteiger partial charge in [0.25, 0.3) is 5.91 Å². The summed E-state index contributed by atoms with van der Waals surface area (Å²) in [5.41, 5.74) is 2.30. The normalized spacial score (nSPS) is 19.6. The number of amides is 2. The maximum Gasteiger partial charge on any atom is 0.251 e. The van der Waals surface area contributed by atoms with E-state index in [9.17, 15) is 14.7 Å². The van der Waals surface area contributed by atoms with Crippen molar-refractivity contribution in [3.05, 3.63) is 47.3 Å². The van der Waals surface area contributed by atoms with Crippen LogP contribution in [-0.2, 0) is 15.0 Å². The zero-order valence-electron chi connectivity index (χ0n) is 14.6. The molecule has 0 aliphatic carbocycles. The first-order valence-electron chi connectivity index (χ1n) is 8.29. The molecule has 2 atom stereocenters. The van der Waals surface area contributed by atoms with E-state index in [4.69, 9.17) is 0 Å². The first-order chi connectivity index (χ1) is 11.8. The molecule has 25 heavy (non-hydrogen) atoms. The molecule has 0 radical (unpaired) electrons. The number of hydrogen-bond donors (Lipinski definition) is 2. The van der Waals surface area contributed by atoms with Crippen molar-refractivity contribution in [2.75, 3.05) is 0 Å². The van der Waals surface area contributed by atoms with E-state index in [1.807, 2.05) is 24.3 Å². The Morgan fingerprint density at radius 2 is 1.92 bits per heavy atom. The van der Waals surface area contributed by atoms with E-state index in [1.165, 1.54) is 10.2 Å². The smallest absolute Gasteiger partial charge is 0.251 e. The van der Waals surface area contributed by atoms with Crippen LogP contribution in [0.4, 0.5) is 0 Å². The molecule has 7 heteroatoms.